The molecule has 1 amide bonds. The van der Waals surface area contributed by atoms with Crippen molar-refractivity contribution in [3.05, 3.63) is 95.6 Å². The summed E-state index contributed by atoms with van der Waals surface area (Å²) in [5.41, 5.74) is 5.58. The fourth-order valence-corrected chi connectivity index (χ4v) is 4.10. The lowest BCUT2D eigenvalue weighted by Crippen LogP contribution is -2.25. The van der Waals surface area contributed by atoms with E-state index in [0.29, 0.717) is 5.75 Å². The minimum atomic E-state index is -0.291. The van der Waals surface area contributed by atoms with E-state index in [0.717, 1.165) is 28.9 Å². The average molecular weight is 384 g/mol. The van der Waals surface area contributed by atoms with Gasteiger partial charge in [-0.2, -0.15) is 5.10 Å². The second kappa shape index (κ2) is 7.09. The van der Waals surface area contributed by atoms with Gasteiger partial charge >= 0.3 is 0 Å². The summed E-state index contributed by atoms with van der Waals surface area (Å²) in [7, 11) is 0. The van der Waals surface area contributed by atoms with Crippen LogP contribution >= 0.6 is 0 Å². The van der Waals surface area contributed by atoms with Crippen LogP contribution in [-0.2, 0) is 10.2 Å². The molecule has 5 nitrogen and oxygen atoms in total. The van der Waals surface area contributed by atoms with Gasteiger partial charge in [0.05, 0.1) is 12.1 Å². The number of rotatable bonds is 5. The molecule has 1 N–H and O–H groups in total. The van der Waals surface area contributed by atoms with Gasteiger partial charge in [0.15, 0.2) is 11.5 Å². The molecule has 3 aromatic carbocycles. The van der Waals surface area contributed by atoms with E-state index in [-0.39, 0.29) is 24.0 Å². The minimum absolute atomic E-state index is 0.0744. The second-order valence-electron chi connectivity index (χ2n) is 7.31. The van der Waals surface area contributed by atoms with Gasteiger partial charge in [0.25, 0.3) is 0 Å². The normalized spacial score (nSPS) is 18.6. The van der Waals surface area contributed by atoms with Gasteiger partial charge in [0, 0.05) is 5.41 Å². The third-order valence-electron chi connectivity index (χ3n) is 5.64. The van der Waals surface area contributed by atoms with E-state index in [1.165, 1.54) is 0 Å². The number of hydrogen-bond acceptors (Lipinski definition) is 4. The first kappa shape index (κ1) is 17.5. The summed E-state index contributed by atoms with van der Waals surface area (Å²) in [6, 6.07) is 26.0. The maximum absolute atomic E-state index is 12.9. The molecule has 1 atom stereocenters. The van der Waals surface area contributed by atoms with Crippen LogP contribution < -0.4 is 14.9 Å². The van der Waals surface area contributed by atoms with Gasteiger partial charge in [-0.3, -0.25) is 4.79 Å². The molecule has 0 radical (unpaired) electrons. The lowest BCUT2D eigenvalue weighted by atomic mass is 9.85. The first-order valence-corrected chi connectivity index (χ1v) is 9.61. The van der Waals surface area contributed by atoms with E-state index in [1.807, 2.05) is 54.6 Å². The Labute approximate surface area is 169 Å². The Kier molecular flexibility index (Phi) is 4.28. The number of ether oxygens (including phenoxy) is 2. The highest BCUT2D eigenvalue weighted by Crippen LogP contribution is 2.58. The van der Waals surface area contributed by atoms with Crippen LogP contribution in [0.1, 0.15) is 23.1 Å². The van der Waals surface area contributed by atoms with E-state index in [2.05, 4.69) is 34.8 Å². The number of hydrazone groups is 1. The number of hydrogen-bond donors (Lipinski definition) is 1. The number of carbonyl (C=O) groups is 1. The van der Waals surface area contributed by atoms with Gasteiger partial charge in [0.1, 0.15) is 0 Å². The fraction of sp³-hybridized carbons (Fsp3) is 0.167. The number of nitrogens with one attached hydrogen (secondary N) is 1. The standard InChI is InChI=1S/C24H20N2O3/c27-23(26-25-15-17-11-12-21-22(13-17)29-16-28-21)20-14-24(20,18-7-3-1-4-8-18)19-9-5-2-6-10-19/h1-13,15,20H,14,16H2,(H,26,27)/b25-15+. The Morgan fingerprint density at radius 1 is 0.931 bits per heavy atom. The van der Waals surface area contributed by atoms with Gasteiger partial charge < -0.3 is 9.47 Å². The maximum Gasteiger partial charge on any atom is 0.244 e. The zero-order valence-electron chi connectivity index (χ0n) is 15.7. The molecule has 1 aliphatic carbocycles. The molecule has 1 unspecified atom stereocenters. The molecule has 5 heteroatoms. The van der Waals surface area contributed by atoms with Crippen LogP contribution in [0.15, 0.2) is 84.0 Å². The molecule has 29 heavy (non-hydrogen) atoms. The molecule has 0 bridgehead atoms. The summed E-state index contributed by atoms with van der Waals surface area (Å²) >= 11 is 0. The van der Waals surface area contributed by atoms with Crippen molar-refractivity contribution in [3.8, 4) is 11.5 Å². The Morgan fingerprint density at radius 3 is 2.28 bits per heavy atom. The second-order valence-corrected chi connectivity index (χ2v) is 7.31. The number of benzene rings is 3. The van der Waals surface area contributed by atoms with Crippen molar-refractivity contribution in [3.63, 3.8) is 0 Å². The van der Waals surface area contributed by atoms with Crippen molar-refractivity contribution in [2.24, 2.45) is 11.0 Å². The highest BCUT2D eigenvalue weighted by molar-refractivity contribution is 5.88. The summed E-state index contributed by atoms with van der Waals surface area (Å²) in [5.74, 6) is 1.19. The molecule has 1 aliphatic heterocycles. The maximum atomic E-state index is 12.9. The summed E-state index contributed by atoms with van der Waals surface area (Å²) in [6.45, 7) is 0.232. The van der Waals surface area contributed by atoms with Crippen LogP contribution in [0.3, 0.4) is 0 Å². The fourth-order valence-electron chi connectivity index (χ4n) is 4.10. The molecule has 0 aromatic heterocycles. The number of carbonyl (C=O) groups excluding carboxylic acids is 1. The van der Waals surface area contributed by atoms with Crippen LogP contribution in [-0.4, -0.2) is 18.9 Å². The molecule has 1 saturated carbocycles. The van der Waals surface area contributed by atoms with Crippen LogP contribution in [0.2, 0.25) is 0 Å². The van der Waals surface area contributed by atoms with Crippen molar-refractivity contribution in [1.29, 1.82) is 0 Å². The van der Waals surface area contributed by atoms with Crippen LogP contribution in [0.5, 0.6) is 11.5 Å². The highest BCUT2D eigenvalue weighted by Gasteiger charge is 2.60. The van der Waals surface area contributed by atoms with Crippen LogP contribution in [0, 0.1) is 5.92 Å². The van der Waals surface area contributed by atoms with E-state index >= 15 is 0 Å². The predicted molar refractivity (Wildman–Crippen MR) is 110 cm³/mol. The van der Waals surface area contributed by atoms with Crippen molar-refractivity contribution in [1.82, 2.24) is 5.43 Å². The zero-order chi connectivity index (χ0) is 19.7. The highest BCUT2D eigenvalue weighted by atomic mass is 16.7. The van der Waals surface area contributed by atoms with E-state index in [4.69, 9.17) is 9.47 Å². The monoisotopic (exact) mass is 384 g/mol. The molecule has 0 spiro atoms. The number of amides is 1. The Morgan fingerprint density at radius 2 is 1.59 bits per heavy atom. The SMILES string of the molecule is O=C(N/N=C/c1ccc2c(c1)OCO2)C1CC1(c1ccccc1)c1ccccc1. The van der Waals surface area contributed by atoms with Gasteiger partial charge in [-0.15, -0.1) is 0 Å². The smallest absolute Gasteiger partial charge is 0.244 e. The van der Waals surface area contributed by atoms with Gasteiger partial charge in [-0.1, -0.05) is 60.7 Å². The summed E-state index contributed by atoms with van der Waals surface area (Å²) in [6.07, 6.45) is 2.39. The van der Waals surface area contributed by atoms with Gasteiger partial charge in [-0.05, 0) is 41.3 Å². The van der Waals surface area contributed by atoms with Gasteiger partial charge in [0.2, 0.25) is 12.7 Å². The Balaban J connectivity index is 1.33. The lowest BCUT2D eigenvalue weighted by Gasteiger charge is -2.18. The van der Waals surface area contributed by atoms with Crippen molar-refractivity contribution < 1.29 is 14.3 Å². The molecule has 0 saturated heterocycles. The predicted octanol–water partition coefficient (Wildman–Crippen LogP) is 3.87. The minimum Gasteiger partial charge on any atom is -0.454 e. The Hall–Kier alpha value is -3.60. The molecular formula is C24H20N2O3. The molecular weight excluding hydrogens is 364 g/mol. The van der Waals surface area contributed by atoms with Crippen molar-refractivity contribution >= 4 is 12.1 Å². The first-order chi connectivity index (χ1) is 14.3. The number of fused-ring (bicyclic) bond motifs is 1. The zero-order valence-corrected chi connectivity index (χ0v) is 15.7. The van der Waals surface area contributed by atoms with E-state index < -0.39 is 0 Å². The quantitative estimate of drug-likeness (QED) is 0.537. The third-order valence-corrected chi connectivity index (χ3v) is 5.64. The molecule has 1 heterocycles. The summed E-state index contributed by atoms with van der Waals surface area (Å²) < 4.78 is 10.7. The van der Waals surface area contributed by atoms with Crippen molar-refractivity contribution in [2.45, 2.75) is 11.8 Å². The molecule has 2 aliphatic rings. The van der Waals surface area contributed by atoms with Crippen molar-refractivity contribution in [2.75, 3.05) is 6.79 Å². The first-order valence-electron chi connectivity index (χ1n) is 9.61. The summed E-state index contributed by atoms with van der Waals surface area (Å²) in [5, 5.41) is 4.16. The lowest BCUT2D eigenvalue weighted by molar-refractivity contribution is -0.122. The van der Waals surface area contributed by atoms with Crippen LogP contribution in [0.25, 0.3) is 0 Å². The topological polar surface area (TPSA) is 59.9 Å². The molecule has 5 rings (SSSR count). The Bertz CT molecular complexity index is 1020. The molecule has 3 aromatic rings. The number of nitrogens with zero attached hydrogens (tertiary/aromatic N) is 1. The molecule has 1 fully saturated rings. The largest absolute Gasteiger partial charge is 0.454 e. The molecule has 144 valence electrons. The van der Waals surface area contributed by atoms with E-state index in [9.17, 15) is 4.79 Å². The van der Waals surface area contributed by atoms with Crippen LogP contribution in [0.4, 0.5) is 0 Å². The average Bonchev–Trinajstić information content (AvgIpc) is 3.38. The van der Waals surface area contributed by atoms with Gasteiger partial charge in [-0.25, -0.2) is 5.43 Å². The van der Waals surface area contributed by atoms with E-state index in [1.54, 1.807) is 6.21 Å². The third kappa shape index (κ3) is 3.14. The summed E-state index contributed by atoms with van der Waals surface area (Å²) in [4.78, 5) is 12.9.